The molecule has 4 nitrogen and oxygen atoms in total. The molecule has 0 saturated heterocycles. The van der Waals surface area contributed by atoms with Crippen LogP contribution in [0.1, 0.15) is 28.4 Å². The second-order valence-electron chi connectivity index (χ2n) is 6.93. The Morgan fingerprint density at radius 2 is 1.73 bits per heavy atom. The summed E-state index contributed by atoms with van der Waals surface area (Å²) in [6.07, 6.45) is 1.56. The molecule has 0 aliphatic rings. The molecule has 4 rings (SSSR count). The third-order valence-electron chi connectivity index (χ3n) is 4.91. The maximum Gasteiger partial charge on any atom is 0.200 e. The van der Waals surface area contributed by atoms with Gasteiger partial charge in [-0.15, -0.1) is 0 Å². The minimum Gasteiger partial charge on any atom is -0.494 e. The molecule has 5 heteroatoms. The van der Waals surface area contributed by atoms with Crippen molar-refractivity contribution in [1.29, 1.82) is 0 Å². The molecule has 0 bridgehead atoms. The zero-order chi connectivity index (χ0) is 21.1. The number of nitrogens with zero attached hydrogens (tertiary/aromatic N) is 1. The first kappa shape index (κ1) is 19.6. The van der Waals surface area contributed by atoms with E-state index in [0.29, 0.717) is 30.0 Å². The highest BCUT2D eigenvalue weighted by molar-refractivity contribution is 6.10. The summed E-state index contributed by atoms with van der Waals surface area (Å²) in [6.45, 7) is 2.85. The van der Waals surface area contributed by atoms with Gasteiger partial charge in [0, 0.05) is 23.7 Å². The molecule has 4 aromatic rings. The van der Waals surface area contributed by atoms with Crippen LogP contribution >= 0.6 is 0 Å². The second kappa shape index (κ2) is 8.33. The number of ether oxygens (including phenoxy) is 1. The fourth-order valence-corrected chi connectivity index (χ4v) is 3.47. The maximum absolute atomic E-state index is 13.9. The van der Waals surface area contributed by atoms with Gasteiger partial charge in [-0.2, -0.15) is 0 Å². The number of benzene rings is 3. The van der Waals surface area contributed by atoms with Gasteiger partial charge >= 0.3 is 0 Å². The smallest absolute Gasteiger partial charge is 0.200 e. The highest BCUT2D eigenvalue weighted by Crippen LogP contribution is 2.19. The first-order valence-corrected chi connectivity index (χ1v) is 9.71. The van der Waals surface area contributed by atoms with E-state index < -0.39 is 17.0 Å². The Hall–Kier alpha value is -3.73. The zero-order valence-electron chi connectivity index (χ0n) is 16.5. The van der Waals surface area contributed by atoms with Crippen molar-refractivity contribution in [2.45, 2.75) is 13.5 Å². The average Bonchev–Trinajstić information content (AvgIpc) is 2.77. The number of aromatic nitrogens is 1. The summed E-state index contributed by atoms with van der Waals surface area (Å²) in [5.41, 5.74) is 1.48. The van der Waals surface area contributed by atoms with E-state index in [-0.39, 0.29) is 10.9 Å². The Bertz CT molecular complexity index is 1260. The number of halogens is 1. The van der Waals surface area contributed by atoms with Gasteiger partial charge in [-0.3, -0.25) is 9.59 Å². The third kappa shape index (κ3) is 3.87. The molecule has 0 aliphatic heterocycles. The topological polar surface area (TPSA) is 48.3 Å². The fourth-order valence-electron chi connectivity index (χ4n) is 3.47. The lowest BCUT2D eigenvalue weighted by Gasteiger charge is -2.14. The molecule has 30 heavy (non-hydrogen) atoms. The number of rotatable bonds is 6. The van der Waals surface area contributed by atoms with Gasteiger partial charge in [-0.05, 0) is 55.0 Å². The molecule has 150 valence electrons. The summed E-state index contributed by atoms with van der Waals surface area (Å²) in [6, 6.07) is 20.4. The van der Waals surface area contributed by atoms with Crippen LogP contribution in [0.5, 0.6) is 5.75 Å². The SMILES string of the molecule is CCOc1ccc(C(=O)c2cn(Cc3ccccc3)c3ccc(F)cc3c2=O)cc1. The van der Waals surface area contributed by atoms with Crippen molar-refractivity contribution in [1.82, 2.24) is 4.57 Å². The van der Waals surface area contributed by atoms with Crippen LogP contribution in [0.25, 0.3) is 10.9 Å². The van der Waals surface area contributed by atoms with Crippen LogP contribution in [0.4, 0.5) is 4.39 Å². The highest BCUT2D eigenvalue weighted by Gasteiger charge is 2.18. The zero-order valence-corrected chi connectivity index (χ0v) is 16.5. The van der Waals surface area contributed by atoms with E-state index in [1.165, 1.54) is 12.1 Å². The highest BCUT2D eigenvalue weighted by atomic mass is 19.1. The Balaban J connectivity index is 1.83. The number of fused-ring (bicyclic) bond motifs is 1. The lowest BCUT2D eigenvalue weighted by Crippen LogP contribution is -2.20. The van der Waals surface area contributed by atoms with E-state index in [9.17, 15) is 14.0 Å². The molecule has 0 atom stereocenters. The summed E-state index contributed by atoms with van der Waals surface area (Å²) in [5, 5.41) is 0.183. The van der Waals surface area contributed by atoms with Crippen LogP contribution < -0.4 is 10.2 Å². The van der Waals surface area contributed by atoms with Crippen molar-refractivity contribution < 1.29 is 13.9 Å². The minimum absolute atomic E-state index is 0.00758. The van der Waals surface area contributed by atoms with E-state index in [0.717, 1.165) is 5.56 Å². The number of carbonyl (C=O) groups excluding carboxylic acids is 1. The summed E-state index contributed by atoms with van der Waals surface area (Å²) in [7, 11) is 0. The van der Waals surface area contributed by atoms with Crippen LogP contribution in [0, 0.1) is 5.82 Å². The second-order valence-corrected chi connectivity index (χ2v) is 6.93. The van der Waals surface area contributed by atoms with Crippen LogP contribution in [0.2, 0.25) is 0 Å². The molecular weight excluding hydrogens is 381 g/mol. The molecule has 0 amide bonds. The van der Waals surface area contributed by atoms with Crippen molar-refractivity contribution in [3.63, 3.8) is 0 Å². The molecule has 0 spiro atoms. The van der Waals surface area contributed by atoms with Gasteiger partial charge in [0.1, 0.15) is 11.6 Å². The van der Waals surface area contributed by atoms with Crippen molar-refractivity contribution in [3.05, 3.63) is 112 Å². The van der Waals surface area contributed by atoms with Crippen LogP contribution in [-0.2, 0) is 6.54 Å². The quantitative estimate of drug-likeness (QED) is 0.435. The lowest BCUT2D eigenvalue weighted by molar-refractivity contribution is 0.103. The molecule has 0 saturated carbocycles. The molecule has 1 heterocycles. The van der Waals surface area contributed by atoms with Crippen molar-refractivity contribution >= 4 is 16.7 Å². The fraction of sp³-hybridized carbons (Fsp3) is 0.120. The van der Waals surface area contributed by atoms with Gasteiger partial charge in [-0.25, -0.2) is 4.39 Å². The van der Waals surface area contributed by atoms with E-state index in [4.69, 9.17) is 4.74 Å². The van der Waals surface area contributed by atoms with Gasteiger partial charge in [0.05, 0.1) is 17.7 Å². The molecule has 0 aliphatic carbocycles. The van der Waals surface area contributed by atoms with Crippen LogP contribution in [-0.4, -0.2) is 17.0 Å². The third-order valence-corrected chi connectivity index (χ3v) is 4.91. The normalized spacial score (nSPS) is 10.9. The Labute approximate surface area is 173 Å². The standard InChI is InChI=1S/C25H20FNO3/c1-2-30-20-11-8-18(9-12-20)24(28)22-16-27(15-17-6-4-3-5-7-17)23-13-10-19(26)14-21(23)25(22)29/h3-14,16H,2,15H2,1H3. The van der Waals surface area contributed by atoms with Crippen LogP contribution in [0.3, 0.4) is 0 Å². The Kier molecular flexibility index (Phi) is 5.44. The van der Waals surface area contributed by atoms with Gasteiger partial charge < -0.3 is 9.30 Å². The molecule has 1 aromatic heterocycles. The van der Waals surface area contributed by atoms with Gasteiger partial charge in [-0.1, -0.05) is 30.3 Å². The molecule has 0 unspecified atom stereocenters. The molecule has 0 radical (unpaired) electrons. The monoisotopic (exact) mass is 401 g/mol. The molecule has 0 N–H and O–H groups in total. The van der Waals surface area contributed by atoms with Crippen molar-refractivity contribution in [2.75, 3.05) is 6.61 Å². The Morgan fingerprint density at radius 1 is 1.00 bits per heavy atom. The number of carbonyl (C=O) groups is 1. The van der Waals surface area contributed by atoms with E-state index in [1.807, 2.05) is 41.8 Å². The minimum atomic E-state index is -0.517. The first-order valence-electron chi connectivity index (χ1n) is 9.71. The average molecular weight is 401 g/mol. The number of hydrogen-bond donors (Lipinski definition) is 0. The molecule has 0 fully saturated rings. The first-order chi connectivity index (χ1) is 14.6. The van der Waals surface area contributed by atoms with Gasteiger partial charge in [0.25, 0.3) is 0 Å². The predicted octanol–water partition coefficient (Wildman–Crippen LogP) is 4.82. The number of ketones is 1. The summed E-state index contributed by atoms with van der Waals surface area (Å²) in [4.78, 5) is 26.2. The van der Waals surface area contributed by atoms with E-state index in [2.05, 4.69) is 0 Å². The summed E-state index contributed by atoms with van der Waals surface area (Å²) < 4.78 is 21.1. The lowest BCUT2D eigenvalue weighted by atomic mass is 10.0. The maximum atomic E-state index is 13.9. The number of hydrogen-bond acceptors (Lipinski definition) is 3. The van der Waals surface area contributed by atoms with Crippen molar-refractivity contribution in [3.8, 4) is 5.75 Å². The summed E-state index contributed by atoms with van der Waals surface area (Å²) >= 11 is 0. The number of pyridine rings is 1. The molecule has 3 aromatic carbocycles. The summed E-state index contributed by atoms with van der Waals surface area (Å²) in [5.74, 6) is -0.274. The Morgan fingerprint density at radius 3 is 2.43 bits per heavy atom. The molecular formula is C25H20FNO3. The van der Waals surface area contributed by atoms with Crippen molar-refractivity contribution in [2.24, 2.45) is 0 Å². The van der Waals surface area contributed by atoms with Crippen LogP contribution in [0.15, 0.2) is 83.8 Å². The van der Waals surface area contributed by atoms with E-state index >= 15 is 0 Å². The van der Waals surface area contributed by atoms with Gasteiger partial charge in [0.2, 0.25) is 5.43 Å². The predicted molar refractivity (Wildman–Crippen MR) is 115 cm³/mol. The largest absolute Gasteiger partial charge is 0.494 e. The van der Waals surface area contributed by atoms with Gasteiger partial charge in [0.15, 0.2) is 5.78 Å². The van der Waals surface area contributed by atoms with E-state index in [1.54, 1.807) is 36.5 Å².